The van der Waals surface area contributed by atoms with Gasteiger partial charge >= 0.3 is 12.2 Å². The van der Waals surface area contributed by atoms with Gasteiger partial charge in [0.25, 0.3) is 0 Å². The average molecular weight is 534 g/mol. The van der Waals surface area contributed by atoms with E-state index in [9.17, 15) is 14.4 Å². The van der Waals surface area contributed by atoms with Crippen molar-refractivity contribution < 1.29 is 28.6 Å². The number of hydrogen-bond acceptors (Lipinski definition) is 6. The van der Waals surface area contributed by atoms with Crippen molar-refractivity contribution in [2.45, 2.75) is 51.9 Å². The molecule has 0 fully saturated rings. The summed E-state index contributed by atoms with van der Waals surface area (Å²) in [5, 5.41) is 8.11. The zero-order valence-corrected chi connectivity index (χ0v) is 22.4. The van der Waals surface area contributed by atoms with Crippen molar-refractivity contribution in [1.29, 1.82) is 0 Å². The van der Waals surface area contributed by atoms with E-state index in [1.807, 2.05) is 60.7 Å². The molecule has 0 bridgehead atoms. The fraction of sp³-hybridized carbons (Fsp3) is 0.300. The maximum atomic E-state index is 13.1. The Kier molecular flexibility index (Phi) is 10.7. The molecule has 9 nitrogen and oxygen atoms in total. The molecule has 3 N–H and O–H groups in total. The standard InChI is InChI=1S/C30H35N3O6/c1-30(2,3)39-28(35)31-20-10-15-26(33-29(36)37-21-22-11-6-4-7-12-22)27(34)32-23-16-18-25(19-17-23)38-24-13-8-5-9-14-24/h4-9,11-14,16-19,26H,10,15,20-21H2,1-3H3,(H,31,35)(H,32,34)(H,33,36)/t26-/m0/s1. The van der Waals surface area contributed by atoms with Gasteiger partial charge in [0.1, 0.15) is 29.7 Å². The minimum absolute atomic E-state index is 0.0735. The van der Waals surface area contributed by atoms with Gasteiger partial charge in [0.2, 0.25) is 5.91 Å². The molecule has 0 aliphatic rings. The van der Waals surface area contributed by atoms with Crippen LogP contribution in [0.5, 0.6) is 11.5 Å². The Balaban J connectivity index is 1.56. The highest BCUT2D eigenvalue weighted by Crippen LogP contribution is 2.22. The molecule has 0 heterocycles. The lowest BCUT2D eigenvalue weighted by Gasteiger charge is -2.20. The van der Waals surface area contributed by atoms with Gasteiger partial charge in [0.05, 0.1) is 0 Å². The Morgan fingerprint density at radius 3 is 2.05 bits per heavy atom. The highest BCUT2D eigenvalue weighted by atomic mass is 16.6. The van der Waals surface area contributed by atoms with E-state index in [4.69, 9.17) is 14.2 Å². The Morgan fingerprint density at radius 2 is 1.41 bits per heavy atom. The summed E-state index contributed by atoms with van der Waals surface area (Å²) in [4.78, 5) is 37.5. The molecule has 0 radical (unpaired) electrons. The summed E-state index contributed by atoms with van der Waals surface area (Å²) in [6, 6.07) is 24.6. The first-order valence-corrected chi connectivity index (χ1v) is 12.8. The number of nitrogens with one attached hydrogen (secondary N) is 3. The Bertz CT molecular complexity index is 1190. The molecule has 3 rings (SSSR count). The lowest BCUT2D eigenvalue weighted by atomic mass is 10.1. The zero-order valence-electron chi connectivity index (χ0n) is 22.4. The number of anilines is 1. The predicted molar refractivity (Wildman–Crippen MR) is 149 cm³/mol. The second-order valence-corrected chi connectivity index (χ2v) is 9.76. The van der Waals surface area contributed by atoms with Crippen LogP contribution in [0.3, 0.4) is 0 Å². The van der Waals surface area contributed by atoms with Gasteiger partial charge in [-0.05, 0) is 75.6 Å². The maximum absolute atomic E-state index is 13.1. The number of amides is 3. The van der Waals surface area contributed by atoms with Crippen LogP contribution in [-0.2, 0) is 20.9 Å². The first-order valence-electron chi connectivity index (χ1n) is 12.8. The van der Waals surface area contributed by atoms with Crippen LogP contribution in [0.4, 0.5) is 15.3 Å². The smallest absolute Gasteiger partial charge is 0.408 e. The van der Waals surface area contributed by atoms with E-state index in [1.165, 1.54) is 0 Å². The van der Waals surface area contributed by atoms with Gasteiger partial charge < -0.3 is 30.2 Å². The Labute approximate surface area is 228 Å². The van der Waals surface area contributed by atoms with Crippen molar-refractivity contribution >= 4 is 23.8 Å². The molecule has 0 unspecified atom stereocenters. The number of para-hydroxylation sites is 1. The third-order valence-corrected chi connectivity index (χ3v) is 5.26. The molecule has 1 atom stereocenters. The predicted octanol–water partition coefficient (Wildman–Crippen LogP) is 6.02. The highest BCUT2D eigenvalue weighted by molar-refractivity contribution is 5.96. The summed E-state index contributed by atoms with van der Waals surface area (Å²) in [5.74, 6) is 0.903. The number of carbonyl (C=O) groups excluding carboxylic acids is 3. The Hall–Kier alpha value is -4.53. The fourth-order valence-electron chi connectivity index (χ4n) is 3.45. The quantitative estimate of drug-likeness (QED) is 0.260. The normalized spacial score (nSPS) is 11.6. The number of rotatable bonds is 11. The van der Waals surface area contributed by atoms with E-state index in [2.05, 4.69) is 16.0 Å². The van der Waals surface area contributed by atoms with Gasteiger partial charge in [-0.25, -0.2) is 9.59 Å². The molecule has 3 aromatic rings. The van der Waals surface area contributed by atoms with Gasteiger partial charge in [-0.3, -0.25) is 4.79 Å². The monoisotopic (exact) mass is 533 g/mol. The molecule has 3 amide bonds. The van der Waals surface area contributed by atoms with Gasteiger partial charge in [0.15, 0.2) is 0 Å². The van der Waals surface area contributed by atoms with Crippen LogP contribution in [0, 0.1) is 0 Å². The van der Waals surface area contributed by atoms with E-state index in [0.29, 0.717) is 23.6 Å². The number of carbonyl (C=O) groups is 3. The van der Waals surface area contributed by atoms with Crippen molar-refractivity contribution in [2.24, 2.45) is 0 Å². The van der Waals surface area contributed by atoms with Crippen LogP contribution in [0.2, 0.25) is 0 Å². The van der Waals surface area contributed by atoms with E-state index in [0.717, 1.165) is 5.56 Å². The van der Waals surface area contributed by atoms with E-state index >= 15 is 0 Å². The van der Waals surface area contributed by atoms with Crippen molar-refractivity contribution in [3.05, 3.63) is 90.5 Å². The van der Waals surface area contributed by atoms with Gasteiger partial charge in [-0.1, -0.05) is 48.5 Å². The molecule has 39 heavy (non-hydrogen) atoms. The highest BCUT2D eigenvalue weighted by Gasteiger charge is 2.22. The molecule has 0 aliphatic carbocycles. The summed E-state index contributed by atoms with van der Waals surface area (Å²) in [6.07, 6.45) is -0.584. The van der Waals surface area contributed by atoms with Gasteiger partial charge in [-0.15, -0.1) is 0 Å². The molecule has 3 aromatic carbocycles. The van der Waals surface area contributed by atoms with Crippen molar-refractivity contribution in [2.75, 3.05) is 11.9 Å². The minimum Gasteiger partial charge on any atom is -0.457 e. The molecule has 206 valence electrons. The molecule has 0 spiro atoms. The third-order valence-electron chi connectivity index (χ3n) is 5.26. The van der Waals surface area contributed by atoms with E-state index in [1.54, 1.807) is 45.0 Å². The summed E-state index contributed by atoms with van der Waals surface area (Å²) in [6.45, 7) is 5.67. The lowest BCUT2D eigenvalue weighted by Crippen LogP contribution is -2.44. The average Bonchev–Trinajstić information content (AvgIpc) is 2.90. The zero-order chi connectivity index (χ0) is 28.1. The third kappa shape index (κ3) is 11.2. The summed E-state index contributed by atoms with van der Waals surface area (Å²) < 4.78 is 16.3. The Morgan fingerprint density at radius 1 is 0.795 bits per heavy atom. The van der Waals surface area contributed by atoms with Crippen LogP contribution in [0.25, 0.3) is 0 Å². The second kappa shape index (κ2) is 14.4. The number of hydrogen-bond donors (Lipinski definition) is 3. The summed E-state index contributed by atoms with van der Waals surface area (Å²) in [7, 11) is 0. The SMILES string of the molecule is CC(C)(C)OC(=O)NCCC[C@H](NC(=O)OCc1ccccc1)C(=O)Nc1ccc(Oc2ccccc2)cc1. The fourth-order valence-corrected chi connectivity index (χ4v) is 3.45. The van der Waals surface area contributed by atoms with Crippen LogP contribution in [0.1, 0.15) is 39.2 Å². The number of benzene rings is 3. The second-order valence-electron chi connectivity index (χ2n) is 9.76. The maximum Gasteiger partial charge on any atom is 0.408 e. The van der Waals surface area contributed by atoms with Crippen molar-refractivity contribution in [1.82, 2.24) is 10.6 Å². The summed E-state index contributed by atoms with van der Waals surface area (Å²) >= 11 is 0. The van der Waals surface area contributed by atoms with E-state index in [-0.39, 0.29) is 19.6 Å². The van der Waals surface area contributed by atoms with E-state index < -0.39 is 29.7 Å². The number of ether oxygens (including phenoxy) is 3. The summed E-state index contributed by atoms with van der Waals surface area (Å²) in [5.41, 5.74) is 0.753. The van der Waals surface area contributed by atoms with Crippen molar-refractivity contribution in [3.63, 3.8) is 0 Å². The topological polar surface area (TPSA) is 115 Å². The molecule has 0 aliphatic heterocycles. The molecule has 9 heteroatoms. The van der Waals surface area contributed by atoms with Gasteiger partial charge in [0, 0.05) is 12.2 Å². The molecule has 0 aromatic heterocycles. The largest absolute Gasteiger partial charge is 0.457 e. The first-order chi connectivity index (χ1) is 18.7. The van der Waals surface area contributed by atoms with Crippen molar-refractivity contribution in [3.8, 4) is 11.5 Å². The molecule has 0 saturated heterocycles. The first kappa shape index (κ1) is 29.0. The van der Waals surface area contributed by atoms with Crippen LogP contribution in [0.15, 0.2) is 84.9 Å². The lowest BCUT2D eigenvalue weighted by molar-refractivity contribution is -0.118. The minimum atomic E-state index is -0.894. The van der Waals surface area contributed by atoms with Gasteiger partial charge in [-0.2, -0.15) is 0 Å². The molecular formula is C30H35N3O6. The van der Waals surface area contributed by atoms with Crippen LogP contribution in [-0.4, -0.2) is 36.3 Å². The molecule has 0 saturated carbocycles. The number of alkyl carbamates (subject to hydrolysis) is 2. The van der Waals surface area contributed by atoms with Crippen LogP contribution < -0.4 is 20.7 Å². The van der Waals surface area contributed by atoms with Crippen LogP contribution >= 0.6 is 0 Å². The molecular weight excluding hydrogens is 498 g/mol.